The molecule has 6 heteroatoms. The highest BCUT2D eigenvalue weighted by atomic mass is 16.5. The zero-order valence-electron chi connectivity index (χ0n) is 13.7. The molecule has 0 saturated carbocycles. The maximum absolute atomic E-state index is 5.15. The van der Waals surface area contributed by atoms with Gasteiger partial charge in [-0.25, -0.2) is 4.98 Å². The Labute approximate surface area is 139 Å². The van der Waals surface area contributed by atoms with E-state index in [0.29, 0.717) is 13.2 Å². The number of aromatic nitrogens is 4. The van der Waals surface area contributed by atoms with Gasteiger partial charge in [0.1, 0.15) is 11.5 Å². The first-order valence-electron chi connectivity index (χ1n) is 7.88. The van der Waals surface area contributed by atoms with E-state index in [1.54, 1.807) is 19.5 Å². The number of rotatable bonds is 5. The summed E-state index contributed by atoms with van der Waals surface area (Å²) < 4.78 is 9.29. The van der Waals surface area contributed by atoms with Gasteiger partial charge in [0.25, 0.3) is 0 Å². The van der Waals surface area contributed by atoms with Crippen LogP contribution in [-0.4, -0.2) is 39.2 Å². The molecule has 4 rings (SSSR count). The van der Waals surface area contributed by atoms with E-state index in [9.17, 15) is 0 Å². The van der Waals surface area contributed by atoms with E-state index in [2.05, 4.69) is 52.4 Å². The van der Waals surface area contributed by atoms with Crippen LogP contribution in [0.15, 0.2) is 49.1 Å². The molecule has 3 aromatic heterocycles. The van der Waals surface area contributed by atoms with Crippen molar-refractivity contribution < 1.29 is 4.74 Å². The molecule has 0 aliphatic carbocycles. The average Bonchev–Trinajstić information content (AvgIpc) is 3.16. The van der Waals surface area contributed by atoms with Crippen molar-refractivity contribution in [1.82, 2.24) is 18.9 Å². The molecule has 1 N–H and O–H groups in total. The highest BCUT2D eigenvalue weighted by molar-refractivity contribution is 5.87. The van der Waals surface area contributed by atoms with Crippen LogP contribution in [0.25, 0.3) is 27.8 Å². The molecular formula is C18H19N5O. The van der Waals surface area contributed by atoms with E-state index in [1.165, 1.54) is 10.9 Å². The lowest BCUT2D eigenvalue weighted by Gasteiger charge is -2.08. The van der Waals surface area contributed by atoms with Crippen molar-refractivity contribution in [1.29, 1.82) is 0 Å². The smallest absolute Gasteiger partial charge is 0.157 e. The van der Waals surface area contributed by atoms with Gasteiger partial charge in [-0.2, -0.15) is 0 Å². The van der Waals surface area contributed by atoms with Gasteiger partial charge in [-0.1, -0.05) is 12.1 Å². The number of methoxy groups -OCH3 is 1. The minimum atomic E-state index is 0.634. The topological polar surface area (TPSA) is 56.4 Å². The number of nitrogens with one attached hydrogen (secondary N) is 1. The fraction of sp³-hybridized carbons (Fsp3) is 0.222. The van der Waals surface area contributed by atoms with Gasteiger partial charge in [0.05, 0.1) is 12.8 Å². The molecule has 0 saturated heterocycles. The first kappa shape index (κ1) is 14.7. The molecule has 0 fully saturated rings. The van der Waals surface area contributed by atoms with Crippen LogP contribution >= 0.6 is 0 Å². The molecular weight excluding hydrogens is 302 g/mol. The number of aryl methyl sites for hydroxylation is 1. The molecule has 0 unspecified atom stereocenters. The van der Waals surface area contributed by atoms with Gasteiger partial charge < -0.3 is 14.6 Å². The monoisotopic (exact) mass is 321 g/mol. The molecule has 24 heavy (non-hydrogen) atoms. The summed E-state index contributed by atoms with van der Waals surface area (Å²) in [5.41, 5.74) is 4.00. The number of fused-ring (bicyclic) bond motifs is 2. The van der Waals surface area contributed by atoms with Gasteiger partial charge in [0.2, 0.25) is 0 Å². The lowest BCUT2D eigenvalue weighted by atomic mass is 10.1. The van der Waals surface area contributed by atoms with Crippen molar-refractivity contribution in [3.8, 4) is 11.3 Å². The molecule has 0 radical (unpaired) electrons. The van der Waals surface area contributed by atoms with Crippen molar-refractivity contribution in [3.63, 3.8) is 0 Å². The normalized spacial score (nSPS) is 11.4. The van der Waals surface area contributed by atoms with Crippen LogP contribution in [0.5, 0.6) is 0 Å². The third kappa shape index (κ3) is 2.41. The summed E-state index contributed by atoms with van der Waals surface area (Å²) in [5.74, 6) is 0.956. The first-order chi connectivity index (χ1) is 11.8. The van der Waals surface area contributed by atoms with Gasteiger partial charge in [-0.15, -0.1) is 0 Å². The molecule has 0 atom stereocenters. The summed E-state index contributed by atoms with van der Waals surface area (Å²) in [6.07, 6.45) is 7.52. The Balaban J connectivity index is 1.86. The fourth-order valence-electron chi connectivity index (χ4n) is 2.96. The Kier molecular flexibility index (Phi) is 3.66. The number of anilines is 1. The van der Waals surface area contributed by atoms with Crippen molar-refractivity contribution >= 4 is 22.4 Å². The Hall–Kier alpha value is -2.86. The fourth-order valence-corrected chi connectivity index (χ4v) is 2.96. The standard InChI is InChI=1S/C18H19N5O/c1-22-8-5-13-3-4-14(11-15(13)22)17-18(20-7-10-24-2)23-9-6-19-12-16(23)21-17/h3-6,8-9,11-12,20H,7,10H2,1-2H3. The van der Waals surface area contributed by atoms with Crippen LogP contribution in [0, 0.1) is 0 Å². The zero-order chi connectivity index (χ0) is 16.5. The second-order valence-electron chi connectivity index (χ2n) is 5.73. The summed E-state index contributed by atoms with van der Waals surface area (Å²) in [6.45, 7) is 1.35. The molecule has 3 heterocycles. The van der Waals surface area contributed by atoms with Crippen molar-refractivity contribution in [2.24, 2.45) is 7.05 Å². The molecule has 0 bridgehead atoms. The summed E-state index contributed by atoms with van der Waals surface area (Å²) in [7, 11) is 3.75. The second-order valence-corrected chi connectivity index (χ2v) is 5.73. The van der Waals surface area contributed by atoms with Crippen LogP contribution in [0.3, 0.4) is 0 Å². The lowest BCUT2D eigenvalue weighted by molar-refractivity contribution is 0.210. The minimum Gasteiger partial charge on any atom is -0.383 e. The predicted molar refractivity (Wildman–Crippen MR) is 95.3 cm³/mol. The maximum atomic E-state index is 5.15. The van der Waals surface area contributed by atoms with Crippen LogP contribution in [0.4, 0.5) is 5.82 Å². The molecule has 1 aromatic carbocycles. The highest BCUT2D eigenvalue weighted by Gasteiger charge is 2.14. The lowest BCUT2D eigenvalue weighted by Crippen LogP contribution is -2.10. The van der Waals surface area contributed by atoms with Crippen LogP contribution in [0.1, 0.15) is 0 Å². The van der Waals surface area contributed by atoms with Gasteiger partial charge in [0, 0.05) is 50.4 Å². The molecule has 6 nitrogen and oxygen atoms in total. The second kappa shape index (κ2) is 5.98. The van der Waals surface area contributed by atoms with E-state index >= 15 is 0 Å². The summed E-state index contributed by atoms with van der Waals surface area (Å²) in [5, 5.41) is 4.66. The summed E-state index contributed by atoms with van der Waals surface area (Å²) >= 11 is 0. The number of hydrogen-bond donors (Lipinski definition) is 1. The van der Waals surface area contributed by atoms with E-state index in [1.807, 2.05) is 10.6 Å². The van der Waals surface area contributed by atoms with E-state index in [-0.39, 0.29) is 0 Å². The zero-order valence-corrected chi connectivity index (χ0v) is 13.7. The Morgan fingerprint density at radius 2 is 2.12 bits per heavy atom. The number of benzene rings is 1. The number of ether oxygens (including phenoxy) is 1. The highest BCUT2D eigenvalue weighted by Crippen LogP contribution is 2.30. The summed E-state index contributed by atoms with van der Waals surface area (Å²) in [4.78, 5) is 8.94. The van der Waals surface area contributed by atoms with Crippen LogP contribution in [-0.2, 0) is 11.8 Å². The van der Waals surface area contributed by atoms with Gasteiger partial charge in [-0.05, 0) is 17.5 Å². The third-order valence-electron chi connectivity index (χ3n) is 4.19. The largest absolute Gasteiger partial charge is 0.383 e. The molecule has 4 aromatic rings. The van der Waals surface area contributed by atoms with Gasteiger partial charge in [0.15, 0.2) is 5.65 Å². The Morgan fingerprint density at radius 3 is 3.00 bits per heavy atom. The van der Waals surface area contributed by atoms with E-state index in [0.717, 1.165) is 22.7 Å². The van der Waals surface area contributed by atoms with E-state index < -0.39 is 0 Å². The quantitative estimate of drug-likeness (QED) is 0.574. The Morgan fingerprint density at radius 1 is 1.21 bits per heavy atom. The number of hydrogen-bond acceptors (Lipinski definition) is 4. The molecule has 0 amide bonds. The SMILES string of the molecule is COCCNc1c(-c2ccc3ccn(C)c3c2)nc2cnccn12. The van der Waals surface area contributed by atoms with Crippen molar-refractivity contribution in [2.45, 2.75) is 0 Å². The first-order valence-corrected chi connectivity index (χ1v) is 7.88. The number of imidazole rings is 1. The van der Waals surface area contributed by atoms with Crippen LogP contribution in [0.2, 0.25) is 0 Å². The van der Waals surface area contributed by atoms with E-state index in [4.69, 9.17) is 9.72 Å². The number of nitrogens with zero attached hydrogens (tertiary/aromatic N) is 4. The Bertz CT molecular complexity index is 1000. The predicted octanol–water partition coefficient (Wildman–Crippen LogP) is 2.95. The molecule has 122 valence electrons. The van der Waals surface area contributed by atoms with Gasteiger partial charge >= 0.3 is 0 Å². The summed E-state index contributed by atoms with van der Waals surface area (Å²) in [6, 6.07) is 8.53. The molecule has 0 aliphatic heterocycles. The van der Waals surface area contributed by atoms with Crippen molar-refractivity contribution in [2.75, 3.05) is 25.6 Å². The van der Waals surface area contributed by atoms with Gasteiger partial charge in [-0.3, -0.25) is 9.38 Å². The molecule has 0 spiro atoms. The maximum Gasteiger partial charge on any atom is 0.157 e. The van der Waals surface area contributed by atoms with Crippen LogP contribution < -0.4 is 5.32 Å². The van der Waals surface area contributed by atoms with Crippen molar-refractivity contribution in [3.05, 3.63) is 49.1 Å². The minimum absolute atomic E-state index is 0.634. The molecule has 0 aliphatic rings. The third-order valence-corrected chi connectivity index (χ3v) is 4.19. The average molecular weight is 321 g/mol.